The Kier molecular flexibility index (Phi) is 4.97. The van der Waals surface area contributed by atoms with Crippen molar-refractivity contribution in [3.8, 4) is 0 Å². The monoisotopic (exact) mass is 335 g/mol. The van der Waals surface area contributed by atoms with E-state index in [0.717, 1.165) is 25.9 Å². The van der Waals surface area contributed by atoms with E-state index >= 15 is 0 Å². The van der Waals surface area contributed by atoms with Crippen LogP contribution in [-0.4, -0.2) is 83.5 Å². The highest BCUT2D eigenvalue weighted by Crippen LogP contribution is 2.34. The molecule has 134 valence electrons. The Hall–Kier alpha value is -1.40. The number of rotatable bonds is 4. The smallest absolute Gasteiger partial charge is 0.251 e. The first kappa shape index (κ1) is 17.4. The maximum atomic E-state index is 13.2. The number of amides is 2. The highest BCUT2D eigenvalue weighted by Gasteiger charge is 2.54. The zero-order chi connectivity index (χ0) is 17.3. The lowest BCUT2D eigenvalue weighted by Gasteiger charge is -2.48. The van der Waals surface area contributed by atoms with Gasteiger partial charge >= 0.3 is 0 Å². The Balaban J connectivity index is 1.80. The SMILES string of the molecule is C=CCN1CCN(C(C)C)C(=O)C12CCN(C(=O)C1CCCO1)C2. The average Bonchev–Trinajstić information content (AvgIpc) is 3.22. The van der Waals surface area contributed by atoms with E-state index in [2.05, 4.69) is 25.3 Å². The van der Waals surface area contributed by atoms with E-state index in [1.807, 2.05) is 15.9 Å². The molecular formula is C18H29N3O3. The third-order valence-corrected chi connectivity index (χ3v) is 5.61. The molecule has 0 saturated carbocycles. The number of carbonyl (C=O) groups is 2. The molecule has 3 fully saturated rings. The van der Waals surface area contributed by atoms with E-state index in [0.29, 0.717) is 32.7 Å². The molecule has 2 atom stereocenters. The third kappa shape index (κ3) is 2.86. The molecule has 2 amide bonds. The highest BCUT2D eigenvalue weighted by atomic mass is 16.5. The Labute approximate surface area is 144 Å². The van der Waals surface area contributed by atoms with Gasteiger partial charge in [-0.3, -0.25) is 14.5 Å². The van der Waals surface area contributed by atoms with Crippen molar-refractivity contribution in [3.05, 3.63) is 12.7 Å². The lowest BCUT2D eigenvalue weighted by Crippen LogP contribution is -2.68. The molecule has 0 aliphatic carbocycles. The third-order valence-electron chi connectivity index (χ3n) is 5.61. The van der Waals surface area contributed by atoms with E-state index in [1.54, 1.807) is 0 Å². The summed E-state index contributed by atoms with van der Waals surface area (Å²) in [5.41, 5.74) is -0.592. The van der Waals surface area contributed by atoms with Gasteiger partial charge in [0.25, 0.3) is 5.91 Å². The summed E-state index contributed by atoms with van der Waals surface area (Å²) in [6, 6.07) is 0.183. The Bertz CT molecular complexity index is 516. The van der Waals surface area contributed by atoms with Gasteiger partial charge in [0.05, 0.1) is 0 Å². The number of carbonyl (C=O) groups excluding carboxylic acids is 2. The van der Waals surface area contributed by atoms with Crippen LogP contribution in [-0.2, 0) is 14.3 Å². The van der Waals surface area contributed by atoms with E-state index in [4.69, 9.17) is 4.74 Å². The summed E-state index contributed by atoms with van der Waals surface area (Å²) in [7, 11) is 0. The van der Waals surface area contributed by atoms with Crippen LogP contribution >= 0.6 is 0 Å². The first-order valence-electron chi connectivity index (χ1n) is 9.07. The van der Waals surface area contributed by atoms with Gasteiger partial charge in [-0.1, -0.05) is 6.08 Å². The van der Waals surface area contributed by atoms with Gasteiger partial charge < -0.3 is 14.5 Å². The predicted molar refractivity (Wildman–Crippen MR) is 91.5 cm³/mol. The molecule has 0 N–H and O–H groups in total. The minimum Gasteiger partial charge on any atom is -0.368 e. The van der Waals surface area contributed by atoms with Crippen molar-refractivity contribution in [2.24, 2.45) is 0 Å². The summed E-state index contributed by atoms with van der Waals surface area (Å²) in [5.74, 6) is 0.214. The van der Waals surface area contributed by atoms with Gasteiger partial charge in [0.1, 0.15) is 11.6 Å². The summed E-state index contributed by atoms with van der Waals surface area (Å²) >= 11 is 0. The van der Waals surface area contributed by atoms with Gasteiger partial charge in [-0.05, 0) is 33.1 Å². The van der Waals surface area contributed by atoms with Crippen LogP contribution in [0.2, 0.25) is 0 Å². The molecule has 2 unspecified atom stereocenters. The van der Waals surface area contributed by atoms with Crippen LogP contribution in [0, 0.1) is 0 Å². The van der Waals surface area contributed by atoms with Crippen LogP contribution in [0.3, 0.4) is 0 Å². The maximum absolute atomic E-state index is 13.2. The van der Waals surface area contributed by atoms with E-state index in [1.165, 1.54) is 0 Å². The second kappa shape index (κ2) is 6.84. The lowest BCUT2D eigenvalue weighted by molar-refractivity contribution is -0.153. The van der Waals surface area contributed by atoms with E-state index in [9.17, 15) is 9.59 Å². The molecule has 6 heteroatoms. The van der Waals surface area contributed by atoms with Crippen molar-refractivity contribution in [1.29, 1.82) is 0 Å². The summed E-state index contributed by atoms with van der Waals surface area (Å²) in [4.78, 5) is 32.0. The van der Waals surface area contributed by atoms with Crippen LogP contribution in [0.25, 0.3) is 0 Å². The standard InChI is InChI=1S/C18H29N3O3/c1-4-8-20-10-11-21(14(2)3)17(23)18(20)7-9-19(13-18)16(22)15-6-5-12-24-15/h4,14-15H,1,5-13H2,2-3H3. The van der Waals surface area contributed by atoms with Crippen LogP contribution in [0.15, 0.2) is 12.7 Å². The quantitative estimate of drug-likeness (QED) is 0.716. The summed E-state index contributed by atoms with van der Waals surface area (Å²) in [6.45, 7) is 12.0. The highest BCUT2D eigenvalue weighted by molar-refractivity contribution is 5.90. The molecule has 3 saturated heterocycles. The molecule has 3 aliphatic heterocycles. The van der Waals surface area contributed by atoms with Gasteiger partial charge in [0.15, 0.2) is 0 Å². The second-order valence-corrected chi connectivity index (χ2v) is 7.37. The zero-order valence-electron chi connectivity index (χ0n) is 14.9. The molecular weight excluding hydrogens is 306 g/mol. The van der Waals surface area contributed by atoms with Crippen molar-refractivity contribution in [2.75, 3.05) is 39.3 Å². The van der Waals surface area contributed by atoms with Gasteiger partial charge in [-0.15, -0.1) is 6.58 Å². The predicted octanol–water partition coefficient (Wildman–Crippen LogP) is 0.875. The van der Waals surface area contributed by atoms with Gasteiger partial charge in [0.2, 0.25) is 5.91 Å². The fourth-order valence-electron chi connectivity index (χ4n) is 4.25. The number of likely N-dealkylation sites (tertiary alicyclic amines) is 1. The number of hydrogen-bond donors (Lipinski definition) is 0. The van der Waals surface area contributed by atoms with Crippen LogP contribution in [0.5, 0.6) is 0 Å². The van der Waals surface area contributed by atoms with Crippen molar-refractivity contribution >= 4 is 11.8 Å². The first-order chi connectivity index (χ1) is 11.5. The van der Waals surface area contributed by atoms with Crippen molar-refractivity contribution in [2.45, 2.75) is 50.8 Å². The first-order valence-corrected chi connectivity index (χ1v) is 9.07. The van der Waals surface area contributed by atoms with Gasteiger partial charge in [-0.25, -0.2) is 0 Å². The fraction of sp³-hybridized carbons (Fsp3) is 0.778. The lowest BCUT2D eigenvalue weighted by atomic mass is 9.90. The van der Waals surface area contributed by atoms with Crippen molar-refractivity contribution < 1.29 is 14.3 Å². The molecule has 6 nitrogen and oxygen atoms in total. The Morgan fingerprint density at radius 3 is 2.83 bits per heavy atom. The van der Waals surface area contributed by atoms with Gasteiger partial charge in [0, 0.05) is 45.4 Å². The minimum atomic E-state index is -0.592. The zero-order valence-corrected chi connectivity index (χ0v) is 14.9. The van der Waals surface area contributed by atoms with Crippen LogP contribution in [0.4, 0.5) is 0 Å². The minimum absolute atomic E-state index is 0.0531. The van der Waals surface area contributed by atoms with E-state index < -0.39 is 5.54 Å². The van der Waals surface area contributed by atoms with Gasteiger partial charge in [-0.2, -0.15) is 0 Å². The number of ether oxygens (including phenoxy) is 1. The Morgan fingerprint density at radius 2 is 2.21 bits per heavy atom. The molecule has 3 heterocycles. The molecule has 0 bridgehead atoms. The molecule has 1 spiro atoms. The molecule has 0 aromatic rings. The normalized spacial score (nSPS) is 31.5. The molecule has 3 aliphatic rings. The molecule has 24 heavy (non-hydrogen) atoms. The number of nitrogens with zero attached hydrogens (tertiary/aromatic N) is 3. The van der Waals surface area contributed by atoms with Crippen molar-refractivity contribution in [3.63, 3.8) is 0 Å². The van der Waals surface area contributed by atoms with Crippen molar-refractivity contribution in [1.82, 2.24) is 14.7 Å². The topological polar surface area (TPSA) is 53.1 Å². The summed E-state index contributed by atoms with van der Waals surface area (Å²) < 4.78 is 5.55. The number of piperazine rings is 1. The fourth-order valence-corrected chi connectivity index (χ4v) is 4.25. The Morgan fingerprint density at radius 1 is 1.42 bits per heavy atom. The van der Waals surface area contributed by atoms with E-state index in [-0.39, 0.29) is 24.0 Å². The molecule has 0 aromatic heterocycles. The number of hydrogen-bond acceptors (Lipinski definition) is 4. The largest absolute Gasteiger partial charge is 0.368 e. The molecule has 0 radical (unpaired) electrons. The maximum Gasteiger partial charge on any atom is 0.251 e. The molecule has 0 aromatic carbocycles. The molecule has 3 rings (SSSR count). The average molecular weight is 335 g/mol. The van der Waals surface area contributed by atoms with Crippen LogP contribution < -0.4 is 0 Å². The second-order valence-electron chi connectivity index (χ2n) is 7.37. The summed E-state index contributed by atoms with van der Waals surface area (Å²) in [5, 5.41) is 0. The summed E-state index contributed by atoms with van der Waals surface area (Å²) in [6.07, 6.45) is 3.97. The van der Waals surface area contributed by atoms with Crippen LogP contribution in [0.1, 0.15) is 33.1 Å².